The van der Waals surface area contributed by atoms with Gasteiger partial charge < -0.3 is 5.32 Å². The molecular formula is C21H15N3OS2. The van der Waals surface area contributed by atoms with Crippen LogP contribution in [0.4, 0.5) is 5.69 Å². The SMILES string of the molecule is O=C(Nc1ccccc1Sc1ccccc1)c1snnc1-c1ccccc1. The van der Waals surface area contributed by atoms with Crippen LogP contribution in [0, 0.1) is 0 Å². The molecule has 0 fully saturated rings. The quantitative estimate of drug-likeness (QED) is 0.482. The molecule has 0 aliphatic carbocycles. The Bertz CT molecular complexity index is 1050. The molecular weight excluding hydrogens is 374 g/mol. The van der Waals surface area contributed by atoms with Crippen molar-refractivity contribution in [2.24, 2.45) is 0 Å². The maximum absolute atomic E-state index is 12.9. The molecule has 4 rings (SSSR count). The van der Waals surface area contributed by atoms with E-state index in [1.54, 1.807) is 11.8 Å². The zero-order chi connectivity index (χ0) is 18.5. The molecule has 4 nitrogen and oxygen atoms in total. The smallest absolute Gasteiger partial charge is 0.269 e. The molecule has 1 amide bonds. The van der Waals surface area contributed by atoms with Crippen molar-refractivity contribution in [1.82, 2.24) is 9.59 Å². The van der Waals surface area contributed by atoms with Crippen LogP contribution in [0.2, 0.25) is 0 Å². The van der Waals surface area contributed by atoms with Gasteiger partial charge in [0.15, 0.2) is 0 Å². The Balaban J connectivity index is 1.59. The Morgan fingerprint density at radius 3 is 2.30 bits per heavy atom. The number of benzene rings is 3. The van der Waals surface area contributed by atoms with Crippen LogP contribution in [-0.2, 0) is 0 Å². The summed E-state index contributed by atoms with van der Waals surface area (Å²) < 4.78 is 3.98. The van der Waals surface area contributed by atoms with Gasteiger partial charge in [0.25, 0.3) is 5.91 Å². The van der Waals surface area contributed by atoms with Gasteiger partial charge in [0.05, 0.1) is 5.69 Å². The first-order valence-electron chi connectivity index (χ1n) is 8.32. The van der Waals surface area contributed by atoms with Gasteiger partial charge in [0, 0.05) is 15.4 Å². The Morgan fingerprint density at radius 2 is 1.52 bits per heavy atom. The van der Waals surface area contributed by atoms with Gasteiger partial charge in [0.2, 0.25) is 0 Å². The Labute approximate surface area is 165 Å². The van der Waals surface area contributed by atoms with Gasteiger partial charge in [-0.1, -0.05) is 76.9 Å². The average molecular weight is 390 g/mol. The zero-order valence-corrected chi connectivity index (χ0v) is 15.8. The highest BCUT2D eigenvalue weighted by Gasteiger charge is 2.19. The van der Waals surface area contributed by atoms with Crippen molar-refractivity contribution < 1.29 is 4.79 Å². The van der Waals surface area contributed by atoms with Crippen LogP contribution in [-0.4, -0.2) is 15.5 Å². The van der Waals surface area contributed by atoms with E-state index < -0.39 is 0 Å². The monoisotopic (exact) mass is 389 g/mol. The second kappa shape index (κ2) is 8.16. The van der Waals surface area contributed by atoms with Crippen LogP contribution in [0.3, 0.4) is 0 Å². The van der Waals surface area contributed by atoms with E-state index in [0.717, 1.165) is 32.6 Å². The molecule has 0 bridgehead atoms. The van der Waals surface area contributed by atoms with Crippen molar-refractivity contribution in [3.05, 3.63) is 89.8 Å². The van der Waals surface area contributed by atoms with Crippen molar-refractivity contribution >= 4 is 34.9 Å². The molecule has 6 heteroatoms. The molecule has 0 unspecified atom stereocenters. The van der Waals surface area contributed by atoms with Crippen molar-refractivity contribution in [3.63, 3.8) is 0 Å². The normalized spacial score (nSPS) is 10.5. The number of hydrogen-bond acceptors (Lipinski definition) is 5. The second-order valence-corrected chi connectivity index (χ2v) is 7.55. The van der Waals surface area contributed by atoms with Gasteiger partial charge in [-0.3, -0.25) is 4.79 Å². The molecule has 1 aromatic heterocycles. The lowest BCUT2D eigenvalue weighted by molar-refractivity contribution is 0.103. The molecule has 1 heterocycles. The summed E-state index contributed by atoms with van der Waals surface area (Å²) in [5, 5.41) is 7.16. The summed E-state index contributed by atoms with van der Waals surface area (Å²) in [6.45, 7) is 0. The number of para-hydroxylation sites is 1. The third-order valence-corrected chi connectivity index (χ3v) is 5.66. The summed E-state index contributed by atoms with van der Waals surface area (Å²) in [5.74, 6) is -0.204. The third kappa shape index (κ3) is 4.07. The first kappa shape index (κ1) is 17.5. The van der Waals surface area contributed by atoms with E-state index in [0.29, 0.717) is 10.6 Å². The van der Waals surface area contributed by atoms with E-state index >= 15 is 0 Å². The highest BCUT2D eigenvalue weighted by atomic mass is 32.2. The number of nitrogens with one attached hydrogen (secondary N) is 1. The number of anilines is 1. The Kier molecular flexibility index (Phi) is 5.27. The van der Waals surface area contributed by atoms with E-state index in [-0.39, 0.29) is 5.91 Å². The highest BCUT2D eigenvalue weighted by Crippen LogP contribution is 2.34. The van der Waals surface area contributed by atoms with Gasteiger partial charge in [-0.15, -0.1) is 5.10 Å². The first-order valence-corrected chi connectivity index (χ1v) is 9.91. The minimum Gasteiger partial charge on any atom is -0.320 e. The fourth-order valence-corrected chi connectivity index (χ4v) is 4.08. The fraction of sp³-hybridized carbons (Fsp3) is 0. The summed E-state index contributed by atoms with van der Waals surface area (Å²) in [5.41, 5.74) is 2.25. The standard InChI is InChI=1S/C21H15N3OS2/c25-21(20-19(23-24-27-20)15-9-3-1-4-10-15)22-17-13-7-8-14-18(17)26-16-11-5-2-6-12-16/h1-14H,(H,22,25). The first-order chi connectivity index (χ1) is 13.3. The van der Waals surface area contributed by atoms with E-state index in [9.17, 15) is 4.79 Å². The predicted octanol–water partition coefficient (Wildman–Crippen LogP) is 5.61. The molecule has 0 spiro atoms. The summed E-state index contributed by atoms with van der Waals surface area (Å²) >= 11 is 2.71. The van der Waals surface area contributed by atoms with Gasteiger partial charge in [-0.25, -0.2) is 0 Å². The van der Waals surface area contributed by atoms with E-state index in [4.69, 9.17) is 0 Å². The molecule has 1 N–H and O–H groups in total. The van der Waals surface area contributed by atoms with Crippen molar-refractivity contribution in [3.8, 4) is 11.3 Å². The zero-order valence-electron chi connectivity index (χ0n) is 14.2. The van der Waals surface area contributed by atoms with Crippen LogP contribution in [0.1, 0.15) is 9.67 Å². The molecule has 0 saturated heterocycles. The number of hydrogen-bond donors (Lipinski definition) is 1. The summed E-state index contributed by atoms with van der Waals surface area (Å²) in [4.78, 5) is 15.5. The average Bonchev–Trinajstić information content (AvgIpc) is 3.21. The van der Waals surface area contributed by atoms with Crippen molar-refractivity contribution in [2.45, 2.75) is 9.79 Å². The van der Waals surface area contributed by atoms with Crippen molar-refractivity contribution in [2.75, 3.05) is 5.32 Å². The topological polar surface area (TPSA) is 54.9 Å². The predicted molar refractivity (Wildman–Crippen MR) is 110 cm³/mol. The lowest BCUT2D eigenvalue weighted by atomic mass is 10.1. The van der Waals surface area contributed by atoms with E-state index in [2.05, 4.69) is 14.9 Å². The molecule has 3 aromatic carbocycles. The van der Waals surface area contributed by atoms with E-state index in [1.165, 1.54) is 0 Å². The molecule has 27 heavy (non-hydrogen) atoms. The van der Waals surface area contributed by atoms with Crippen LogP contribution >= 0.6 is 23.3 Å². The van der Waals surface area contributed by atoms with Crippen LogP contribution < -0.4 is 5.32 Å². The molecule has 0 atom stereocenters. The van der Waals surface area contributed by atoms with Crippen LogP contribution in [0.5, 0.6) is 0 Å². The summed E-state index contributed by atoms with van der Waals surface area (Å²) in [7, 11) is 0. The molecule has 0 aliphatic heterocycles. The number of rotatable bonds is 5. The third-order valence-electron chi connectivity index (χ3n) is 3.85. The number of aromatic nitrogens is 2. The lowest BCUT2D eigenvalue weighted by Gasteiger charge is -2.10. The maximum Gasteiger partial charge on any atom is 0.269 e. The number of carbonyl (C=O) groups excluding carboxylic acids is 1. The second-order valence-electron chi connectivity index (χ2n) is 5.68. The molecule has 0 saturated carbocycles. The minimum atomic E-state index is -0.204. The number of amides is 1. The summed E-state index contributed by atoms with van der Waals surface area (Å²) in [6, 6.07) is 27.5. The highest BCUT2D eigenvalue weighted by molar-refractivity contribution is 7.99. The minimum absolute atomic E-state index is 0.204. The van der Waals surface area contributed by atoms with Gasteiger partial charge >= 0.3 is 0 Å². The molecule has 4 aromatic rings. The Hall–Kier alpha value is -2.96. The van der Waals surface area contributed by atoms with Gasteiger partial charge in [0.1, 0.15) is 10.6 Å². The van der Waals surface area contributed by atoms with Crippen molar-refractivity contribution in [1.29, 1.82) is 0 Å². The lowest BCUT2D eigenvalue weighted by Crippen LogP contribution is -2.12. The fourth-order valence-electron chi connectivity index (χ4n) is 2.58. The van der Waals surface area contributed by atoms with Gasteiger partial charge in [-0.2, -0.15) is 0 Å². The largest absolute Gasteiger partial charge is 0.320 e. The molecule has 0 aliphatic rings. The van der Waals surface area contributed by atoms with E-state index in [1.807, 2.05) is 84.9 Å². The number of nitrogens with zero attached hydrogens (tertiary/aromatic N) is 2. The van der Waals surface area contributed by atoms with Crippen LogP contribution in [0.25, 0.3) is 11.3 Å². The molecule has 132 valence electrons. The Morgan fingerprint density at radius 1 is 0.852 bits per heavy atom. The van der Waals surface area contributed by atoms with Crippen LogP contribution in [0.15, 0.2) is 94.7 Å². The molecule has 0 radical (unpaired) electrons. The van der Waals surface area contributed by atoms with Gasteiger partial charge in [-0.05, 0) is 35.8 Å². The number of carbonyl (C=O) groups is 1. The summed E-state index contributed by atoms with van der Waals surface area (Å²) in [6.07, 6.45) is 0. The maximum atomic E-state index is 12.9.